The van der Waals surface area contributed by atoms with Crippen LogP contribution in [0.25, 0.3) is 0 Å². The molecule has 0 radical (unpaired) electrons. The van der Waals surface area contributed by atoms with Crippen LogP contribution in [0.2, 0.25) is 0 Å². The van der Waals surface area contributed by atoms with E-state index in [1.54, 1.807) is 29.0 Å². The van der Waals surface area contributed by atoms with E-state index in [0.29, 0.717) is 12.8 Å². The van der Waals surface area contributed by atoms with Crippen LogP contribution >= 0.6 is 0 Å². The zero-order valence-electron chi connectivity index (χ0n) is 14.4. The van der Waals surface area contributed by atoms with Gasteiger partial charge in [0.05, 0.1) is 0 Å². The van der Waals surface area contributed by atoms with Gasteiger partial charge in [-0.1, -0.05) is 6.07 Å². The van der Waals surface area contributed by atoms with E-state index in [4.69, 9.17) is 0 Å². The average Bonchev–Trinajstić information content (AvgIpc) is 3.29. The lowest BCUT2D eigenvalue weighted by Crippen LogP contribution is -2.31. The zero-order valence-corrected chi connectivity index (χ0v) is 14.4. The molecule has 2 amide bonds. The molecule has 2 aromatic heterocycles. The number of anilines is 3. The minimum atomic E-state index is -1.02. The van der Waals surface area contributed by atoms with Crippen molar-refractivity contribution in [2.45, 2.75) is 18.4 Å². The third-order valence-corrected chi connectivity index (χ3v) is 5.02. The Morgan fingerprint density at radius 1 is 1.11 bits per heavy atom. The second-order valence-corrected chi connectivity index (χ2v) is 6.73. The van der Waals surface area contributed by atoms with Gasteiger partial charge in [-0.3, -0.25) is 9.59 Å². The summed E-state index contributed by atoms with van der Waals surface area (Å²) in [6.07, 6.45) is 5.79. The van der Waals surface area contributed by atoms with Crippen LogP contribution in [0.15, 0.2) is 48.9 Å². The molecule has 1 saturated carbocycles. The van der Waals surface area contributed by atoms with Gasteiger partial charge in [0.15, 0.2) is 11.6 Å². The Balaban J connectivity index is 1.51. The third kappa shape index (κ3) is 2.25. The number of hydrogen-bond donors (Lipinski definition) is 1. The number of nitrogens with zero attached hydrogens (tertiary/aromatic N) is 4. The summed E-state index contributed by atoms with van der Waals surface area (Å²) >= 11 is 0. The van der Waals surface area contributed by atoms with Crippen molar-refractivity contribution in [1.29, 1.82) is 0 Å². The first kappa shape index (κ1) is 16.5. The summed E-state index contributed by atoms with van der Waals surface area (Å²) in [7, 11) is 0. The molecule has 9 heteroatoms. The van der Waals surface area contributed by atoms with Crippen LogP contribution in [0.4, 0.5) is 26.2 Å². The number of carbonyl (C=O) groups excluding carboxylic acids is 2. The first-order valence-electron chi connectivity index (χ1n) is 8.61. The molecule has 1 aliphatic carbocycles. The first-order valence-corrected chi connectivity index (χ1v) is 8.61. The number of pyridine rings is 1. The second-order valence-electron chi connectivity index (χ2n) is 6.73. The molecule has 0 unspecified atom stereocenters. The molecule has 140 valence electrons. The Kier molecular flexibility index (Phi) is 3.36. The molecule has 0 atom stereocenters. The van der Waals surface area contributed by atoms with E-state index in [9.17, 15) is 18.4 Å². The number of amides is 2. The molecule has 0 saturated heterocycles. The van der Waals surface area contributed by atoms with Gasteiger partial charge in [-0.2, -0.15) is 0 Å². The van der Waals surface area contributed by atoms with Gasteiger partial charge in [0, 0.05) is 24.2 Å². The Morgan fingerprint density at radius 3 is 2.50 bits per heavy atom. The fraction of sp³-hybridized carbons (Fsp3) is 0.158. The number of rotatable bonds is 3. The van der Waals surface area contributed by atoms with E-state index in [1.807, 2.05) is 0 Å². The summed E-state index contributed by atoms with van der Waals surface area (Å²) in [6, 6.07) is 6.69. The normalized spacial score (nSPS) is 16.4. The lowest BCUT2D eigenvalue weighted by molar-refractivity contribution is -0.120. The molecule has 3 aromatic rings. The van der Waals surface area contributed by atoms with Gasteiger partial charge in [-0.25, -0.2) is 23.6 Å². The van der Waals surface area contributed by atoms with Crippen LogP contribution < -0.4 is 10.2 Å². The minimum Gasteiger partial charge on any atom is -0.307 e. The van der Waals surface area contributed by atoms with Gasteiger partial charge in [0.1, 0.15) is 17.0 Å². The zero-order chi connectivity index (χ0) is 19.5. The number of fused-ring (bicyclic) bond motifs is 2. The molecule has 3 heterocycles. The van der Waals surface area contributed by atoms with Crippen molar-refractivity contribution in [3.05, 3.63) is 66.1 Å². The highest BCUT2D eigenvalue weighted by atomic mass is 19.1. The molecule has 28 heavy (non-hydrogen) atoms. The smallest absolute Gasteiger partial charge is 0.260 e. The number of hydrogen-bond acceptors (Lipinski definition) is 4. The molecular weight excluding hydrogens is 368 g/mol. The standard InChI is InChI=1S/C19H13F2N5O2/c20-12-9-11(16(27)24-14-3-1-2-6-22-14)10-13(21)15(12)26-17(28)19(4-5-19)25-8-7-23-18(25)26/h1-3,6-10H,4-5H2,(H,22,24,27). The van der Waals surface area contributed by atoms with Crippen LogP contribution in [0.3, 0.4) is 0 Å². The lowest BCUT2D eigenvalue weighted by atomic mass is 10.1. The number of benzene rings is 1. The third-order valence-electron chi connectivity index (χ3n) is 5.02. The summed E-state index contributed by atoms with van der Waals surface area (Å²) in [6.45, 7) is 0. The van der Waals surface area contributed by atoms with Gasteiger partial charge in [-0.05, 0) is 37.1 Å². The fourth-order valence-electron chi connectivity index (χ4n) is 3.51. The maximum atomic E-state index is 14.8. The first-order chi connectivity index (χ1) is 13.5. The van der Waals surface area contributed by atoms with Crippen molar-refractivity contribution < 1.29 is 18.4 Å². The second kappa shape index (κ2) is 5.69. The van der Waals surface area contributed by atoms with E-state index in [2.05, 4.69) is 15.3 Å². The highest BCUT2D eigenvalue weighted by Gasteiger charge is 2.60. The van der Waals surface area contributed by atoms with Crippen LogP contribution in [0.1, 0.15) is 23.2 Å². The molecule has 7 nitrogen and oxygen atoms in total. The minimum absolute atomic E-state index is 0.172. The van der Waals surface area contributed by atoms with Crippen molar-refractivity contribution in [2.24, 2.45) is 0 Å². The van der Waals surface area contributed by atoms with E-state index < -0.39 is 34.7 Å². The van der Waals surface area contributed by atoms with Gasteiger partial charge >= 0.3 is 0 Å². The summed E-state index contributed by atoms with van der Waals surface area (Å²) in [5.74, 6) is -2.75. The van der Waals surface area contributed by atoms with E-state index >= 15 is 0 Å². The highest BCUT2D eigenvalue weighted by Crippen LogP contribution is 2.54. The largest absolute Gasteiger partial charge is 0.307 e. The van der Waals surface area contributed by atoms with Crippen molar-refractivity contribution >= 4 is 29.3 Å². The van der Waals surface area contributed by atoms with Crippen LogP contribution in [0.5, 0.6) is 0 Å². The van der Waals surface area contributed by atoms with E-state index in [0.717, 1.165) is 17.0 Å². The topological polar surface area (TPSA) is 80.1 Å². The molecule has 2 aliphatic rings. The van der Waals surface area contributed by atoms with Gasteiger partial charge < -0.3 is 9.88 Å². The van der Waals surface area contributed by atoms with Crippen LogP contribution in [0, 0.1) is 11.6 Å². The predicted molar refractivity (Wildman–Crippen MR) is 95.1 cm³/mol. The summed E-state index contributed by atoms with van der Waals surface area (Å²) in [5, 5.41) is 2.46. The quantitative estimate of drug-likeness (QED) is 0.756. The molecule has 1 N–H and O–H groups in total. The number of imidazole rings is 1. The maximum Gasteiger partial charge on any atom is 0.260 e. The molecule has 1 aromatic carbocycles. The Bertz CT molecular complexity index is 1100. The van der Waals surface area contributed by atoms with E-state index in [-0.39, 0.29) is 17.3 Å². The number of nitrogens with one attached hydrogen (secondary N) is 1. The number of halogens is 2. The van der Waals surface area contributed by atoms with Gasteiger partial charge in [0.2, 0.25) is 5.95 Å². The van der Waals surface area contributed by atoms with Crippen molar-refractivity contribution in [3.63, 3.8) is 0 Å². The molecule has 1 fully saturated rings. The van der Waals surface area contributed by atoms with Crippen molar-refractivity contribution in [1.82, 2.24) is 14.5 Å². The monoisotopic (exact) mass is 381 g/mol. The predicted octanol–water partition coefficient (Wildman–Crippen LogP) is 2.98. The Labute approximate surface area is 157 Å². The molecule has 1 spiro atoms. The maximum absolute atomic E-state index is 14.8. The molecule has 1 aliphatic heterocycles. The van der Waals surface area contributed by atoms with Crippen LogP contribution in [-0.4, -0.2) is 26.3 Å². The summed E-state index contributed by atoms with van der Waals surface area (Å²) in [4.78, 5) is 34.1. The summed E-state index contributed by atoms with van der Waals surface area (Å²) < 4.78 is 31.3. The van der Waals surface area contributed by atoms with Crippen molar-refractivity contribution in [2.75, 3.05) is 10.2 Å². The summed E-state index contributed by atoms with van der Waals surface area (Å²) in [5.41, 5.74) is -1.55. The number of aromatic nitrogens is 3. The van der Waals surface area contributed by atoms with E-state index in [1.165, 1.54) is 12.4 Å². The van der Waals surface area contributed by atoms with Gasteiger partial charge in [0.25, 0.3) is 11.8 Å². The average molecular weight is 381 g/mol. The SMILES string of the molecule is O=C(Nc1ccccn1)c1cc(F)c(N2C(=O)C3(CC3)n3ccnc32)c(F)c1. The molecular formula is C19H13F2N5O2. The fourth-order valence-corrected chi connectivity index (χ4v) is 3.51. The lowest BCUT2D eigenvalue weighted by Gasteiger charge is -2.17. The van der Waals surface area contributed by atoms with Crippen molar-refractivity contribution in [3.8, 4) is 0 Å². The molecule has 0 bridgehead atoms. The highest BCUT2D eigenvalue weighted by molar-refractivity contribution is 6.09. The Hall–Kier alpha value is -3.62. The van der Waals surface area contributed by atoms with Crippen LogP contribution in [-0.2, 0) is 10.3 Å². The number of carbonyl (C=O) groups is 2. The Morgan fingerprint density at radius 2 is 1.86 bits per heavy atom. The molecule has 5 rings (SSSR count). The van der Waals surface area contributed by atoms with Gasteiger partial charge in [-0.15, -0.1) is 0 Å².